The lowest BCUT2D eigenvalue weighted by molar-refractivity contribution is -0.353. The molecule has 0 saturated carbocycles. The van der Waals surface area contributed by atoms with Gasteiger partial charge in [-0.25, -0.2) is 0 Å². The van der Waals surface area contributed by atoms with E-state index in [2.05, 4.69) is 5.16 Å². The van der Waals surface area contributed by atoms with Crippen LogP contribution in [0.4, 0.5) is 0 Å². The lowest BCUT2D eigenvalue weighted by Crippen LogP contribution is -2.16. The van der Waals surface area contributed by atoms with Gasteiger partial charge in [0.25, 0.3) is 0 Å². The minimum Gasteiger partial charge on any atom is -0.358 e. The van der Waals surface area contributed by atoms with E-state index < -0.39 is 24.5 Å². The zero-order chi connectivity index (χ0) is 9.07. The van der Waals surface area contributed by atoms with Crippen LogP contribution in [0.1, 0.15) is 0 Å². The summed E-state index contributed by atoms with van der Waals surface area (Å²) in [6, 6.07) is 0. The van der Waals surface area contributed by atoms with Gasteiger partial charge in [-0.15, -0.1) is 0 Å². The third-order valence-corrected chi connectivity index (χ3v) is 1.37. The first-order valence-electron chi connectivity index (χ1n) is 2.26. The van der Waals surface area contributed by atoms with Crippen molar-refractivity contribution in [3.63, 3.8) is 0 Å². The molecule has 0 spiro atoms. The number of nitro groups is 1. The first-order valence-corrected chi connectivity index (χ1v) is 4.06. The Kier molecular flexibility index (Phi) is 3.12. The summed E-state index contributed by atoms with van der Waals surface area (Å²) in [7, 11) is -4.52. The normalized spacial score (nSPS) is 13.1. The second-order valence-electron chi connectivity index (χ2n) is 1.60. The van der Waals surface area contributed by atoms with Crippen LogP contribution in [0.25, 0.3) is 0 Å². The average Bonchev–Trinajstić information content (AvgIpc) is 1.80. The van der Waals surface area contributed by atoms with Gasteiger partial charge in [0.1, 0.15) is 0 Å². The summed E-state index contributed by atoms with van der Waals surface area (Å²) in [5.74, 6) is -1.15. The SMILES string of the molecule is O=[N+]([O-])C(CP(=O)(O)O)=NO. The fraction of sp³-hybridized carbons (Fsp3) is 0.500. The Morgan fingerprint density at radius 1 is 1.64 bits per heavy atom. The monoisotopic (exact) mass is 184 g/mol. The van der Waals surface area contributed by atoms with E-state index in [1.807, 2.05) is 0 Å². The highest BCUT2D eigenvalue weighted by atomic mass is 31.2. The van der Waals surface area contributed by atoms with Crippen LogP contribution in [0.15, 0.2) is 5.16 Å². The van der Waals surface area contributed by atoms with Crippen molar-refractivity contribution >= 4 is 13.4 Å². The molecule has 0 aromatic heterocycles. The summed E-state index contributed by atoms with van der Waals surface area (Å²) >= 11 is 0. The summed E-state index contributed by atoms with van der Waals surface area (Å²) in [5.41, 5.74) is 0. The van der Waals surface area contributed by atoms with E-state index in [9.17, 15) is 14.7 Å². The molecule has 0 aliphatic carbocycles. The van der Waals surface area contributed by atoms with Gasteiger partial charge in [-0.05, 0) is 4.92 Å². The van der Waals surface area contributed by atoms with E-state index in [-0.39, 0.29) is 0 Å². The number of hydrogen-bond donors (Lipinski definition) is 3. The largest absolute Gasteiger partial charge is 0.397 e. The van der Waals surface area contributed by atoms with Gasteiger partial charge in [-0.2, -0.15) is 0 Å². The molecule has 0 aliphatic rings. The molecule has 3 N–H and O–H groups in total. The summed E-state index contributed by atoms with van der Waals surface area (Å²) in [5, 5.41) is 19.7. The highest BCUT2D eigenvalue weighted by Crippen LogP contribution is 2.33. The second kappa shape index (κ2) is 3.42. The number of hydrogen-bond acceptors (Lipinski definition) is 5. The lowest BCUT2D eigenvalue weighted by Gasteiger charge is -1.98. The van der Waals surface area contributed by atoms with Crippen molar-refractivity contribution in [2.45, 2.75) is 0 Å². The molecule has 0 radical (unpaired) electrons. The van der Waals surface area contributed by atoms with Crippen molar-refractivity contribution in [3.8, 4) is 0 Å². The summed E-state index contributed by atoms with van der Waals surface area (Å²) < 4.78 is 10.1. The molecule has 8 nitrogen and oxygen atoms in total. The van der Waals surface area contributed by atoms with Gasteiger partial charge in [0.05, 0.1) is 0 Å². The molecule has 0 atom stereocenters. The Bertz CT molecular complexity index is 229. The summed E-state index contributed by atoms with van der Waals surface area (Å²) in [6.07, 6.45) is -1.17. The molecule has 0 bridgehead atoms. The Morgan fingerprint density at radius 3 is 2.18 bits per heavy atom. The summed E-state index contributed by atoms with van der Waals surface area (Å²) in [6.45, 7) is 0. The van der Waals surface area contributed by atoms with E-state index in [0.29, 0.717) is 0 Å². The number of amidine groups is 1. The van der Waals surface area contributed by atoms with Crippen LogP contribution in [0.5, 0.6) is 0 Å². The van der Waals surface area contributed by atoms with Crippen LogP contribution >= 0.6 is 7.60 Å². The summed E-state index contributed by atoms with van der Waals surface area (Å²) in [4.78, 5) is 25.0. The molecular weight excluding hydrogens is 179 g/mol. The van der Waals surface area contributed by atoms with Gasteiger partial charge in [0.15, 0.2) is 11.3 Å². The Labute approximate surface area is 60.5 Å². The zero-order valence-corrected chi connectivity index (χ0v) is 6.01. The molecule has 0 aliphatic heterocycles. The maximum Gasteiger partial charge on any atom is 0.397 e. The fourth-order valence-electron chi connectivity index (χ4n) is 0.310. The minimum atomic E-state index is -4.52. The molecule has 0 fully saturated rings. The molecule has 0 aromatic carbocycles. The predicted molar refractivity (Wildman–Crippen MR) is 33.1 cm³/mol. The molecule has 9 heteroatoms. The Morgan fingerprint density at radius 2 is 2.09 bits per heavy atom. The van der Waals surface area contributed by atoms with Crippen LogP contribution in [0.2, 0.25) is 0 Å². The minimum absolute atomic E-state index is 1.15. The van der Waals surface area contributed by atoms with Crippen LogP contribution in [-0.2, 0) is 4.57 Å². The predicted octanol–water partition coefficient (Wildman–Crippen LogP) is -0.772. The quantitative estimate of drug-likeness (QED) is 0.129. The number of rotatable bonds is 2. The first-order chi connectivity index (χ1) is 4.87. The van der Waals surface area contributed by atoms with Crippen LogP contribution < -0.4 is 0 Å². The molecule has 11 heavy (non-hydrogen) atoms. The smallest absolute Gasteiger partial charge is 0.358 e. The van der Waals surface area contributed by atoms with Gasteiger partial charge in [0.2, 0.25) is 0 Å². The maximum absolute atomic E-state index is 10.1. The van der Waals surface area contributed by atoms with Crippen molar-refractivity contribution in [2.75, 3.05) is 6.16 Å². The zero-order valence-electron chi connectivity index (χ0n) is 5.12. The second-order valence-corrected chi connectivity index (χ2v) is 3.24. The van der Waals surface area contributed by atoms with E-state index in [4.69, 9.17) is 15.0 Å². The van der Waals surface area contributed by atoms with Crippen LogP contribution in [0.3, 0.4) is 0 Å². The highest BCUT2D eigenvalue weighted by molar-refractivity contribution is 7.52. The first kappa shape index (κ1) is 10.0. The van der Waals surface area contributed by atoms with E-state index in [1.165, 1.54) is 0 Å². The van der Waals surface area contributed by atoms with E-state index >= 15 is 0 Å². The van der Waals surface area contributed by atoms with Crippen molar-refractivity contribution in [1.82, 2.24) is 0 Å². The maximum atomic E-state index is 10.1. The molecule has 0 aromatic rings. The van der Waals surface area contributed by atoms with Gasteiger partial charge < -0.3 is 25.1 Å². The topological polar surface area (TPSA) is 133 Å². The van der Waals surface area contributed by atoms with Crippen molar-refractivity contribution in [1.29, 1.82) is 0 Å². The van der Waals surface area contributed by atoms with E-state index in [1.54, 1.807) is 0 Å². The van der Waals surface area contributed by atoms with Crippen molar-refractivity contribution in [3.05, 3.63) is 10.1 Å². The lowest BCUT2D eigenvalue weighted by atomic mass is 10.7. The third-order valence-electron chi connectivity index (χ3n) is 0.674. The molecule has 0 unspecified atom stereocenters. The van der Waals surface area contributed by atoms with Gasteiger partial charge in [0, 0.05) is 0 Å². The van der Waals surface area contributed by atoms with Crippen LogP contribution in [0, 0.1) is 10.1 Å². The molecule has 0 rings (SSSR count). The molecule has 0 amide bonds. The average molecular weight is 184 g/mol. The molecule has 64 valence electrons. The Hall–Kier alpha value is -0.980. The standard InChI is InChI=1S/C2H5N2O6P/c5-3-2(4(6)7)1-11(8,9)10/h5H,1H2,(H2,8,9,10). The number of nitrogens with zero attached hydrogens (tertiary/aromatic N) is 2. The van der Waals surface area contributed by atoms with Crippen molar-refractivity contribution < 1.29 is 24.5 Å². The molecule has 0 heterocycles. The molecular formula is C2H5N2O6P. The van der Waals surface area contributed by atoms with Crippen LogP contribution in [-0.4, -0.2) is 31.9 Å². The van der Waals surface area contributed by atoms with Gasteiger partial charge in [-0.1, -0.05) is 0 Å². The van der Waals surface area contributed by atoms with E-state index in [0.717, 1.165) is 0 Å². The van der Waals surface area contributed by atoms with Gasteiger partial charge >= 0.3 is 13.4 Å². The molecule has 0 saturated heterocycles. The highest BCUT2D eigenvalue weighted by Gasteiger charge is 2.26. The van der Waals surface area contributed by atoms with Gasteiger partial charge in [-0.3, -0.25) is 4.57 Å². The Balaban J connectivity index is 4.37. The third kappa shape index (κ3) is 4.43. The number of oxime groups is 1. The van der Waals surface area contributed by atoms with Crippen molar-refractivity contribution in [2.24, 2.45) is 5.16 Å². The fourth-order valence-corrected chi connectivity index (χ4v) is 0.857.